The molecule has 0 saturated heterocycles. The summed E-state index contributed by atoms with van der Waals surface area (Å²) in [5.74, 6) is -1.21. The average Bonchev–Trinajstić information content (AvgIpc) is 3.14. The van der Waals surface area contributed by atoms with Crippen molar-refractivity contribution < 1.29 is 28.7 Å². The number of carbonyl (C=O) groups excluding carboxylic acids is 4. The van der Waals surface area contributed by atoms with Crippen molar-refractivity contribution in [1.29, 1.82) is 0 Å². The largest absolute Gasteiger partial charge is 0.467 e. The first-order chi connectivity index (χ1) is 25.7. The van der Waals surface area contributed by atoms with Gasteiger partial charge in [-0.1, -0.05) is 93.7 Å². The number of amides is 3. The fourth-order valence-corrected chi connectivity index (χ4v) is 5.70. The molecule has 0 aromatic heterocycles. The lowest BCUT2D eigenvalue weighted by Crippen LogP contribution is -2.57. The molecule has 0 radical (unpaired) electrons. The summed E-state index contributed by atoms with van der Waals surface area (Å²) in [7, 11) is 1.28. The second-order valence-corrected chi connectivity index (χ2v) is 13.2. The third-order valence-electron chi connectivity index (χ3n) is 8.73. The van der Waals surface area contributed by atoms with Crippen molar-refractivity contribution in [1.82, 2.24) is 16.0 Å². The quantitative estimate of drug-likeness (QED) is 0.0398. The highest BCUT2D eigenvalue weighted by molar-refractivity contribution is 5.96. The molecule has 0 fully saturated rings. The van der Waals surface area contributed by atoms with Crippen LogP contribution in [0.15, 0.2) is 84.6 Å². The molecule has 4 atom stereocenters. The number of rotatable bonds is 27. The van der Waals surface area contributed by atoms with Gasteiger partial charge in [-0.2, -0.15) is 0 Å². The fraction of sp³-hybridized carbons (Fsp3) is 0.581. The number of hydrogen-bond donors (Lipinski definition) is 4. The van der Waals surface area contributed by atoms with E-state index in [0.29, 0.717) is 44.2 Å². The van der Waals surface area contributed by atoms with E-state index in [2.05, 4.69) is 89.7 Å². The molecule has 53 heavy (non-hydrogen) atoms. The minimum atomic E-state index is -0.847. The van der Waals surface area contributed by atoms with Crippen LogP contribution in [0.2, 0.25) is 0 Å². The number of hydrogen-bond acceptors (Lipinski definition) is 7. The highest BCUT2D eigenvalue weighted by Gasteiger charge is 2.36. The predicted molar refractivity (Wildman–Crippen MR) is 216 cm³/mol. The van der Waals surface area contributed by atoms with E-state index in [1.54, 1.807) is 6.08 Å². The molecular weight excluding hydrogens is 668 g/mol. The molecule has 5 N–H and O–H groups in total. The van der Waals surface area contributed by atoms with Crippen LogP contribution in [0.25, 0.3) is 0 Å². The van der Waals surface area contributed by atoms with E-state index in [4.69, 9.17) is 15.2 Å². The second-order valence-electron chi connectivity index (χ2n) is 13.2. The first-order valence-electron chi connectivity index (χ1n) is 19.6. The van der Waals surface area contributed by atoms with Gasteiger partial charge in [0.15, 0.2) is 0 Å². The van der Waals surface area contributed by atoms with E-state index in [-0.39, 0.29) is 24.3 Å². The molecular formula is C43H68N4O6. The zero-order valence-corrected chi connectivity index (χ0v) is 33.0. The van der Waals surface area contributed by atoms with Gasteiger partial charge in [0.05, 0.1) is 25.4 Å². The molecule has 0 aromatic rings. The maximum absolute atomic E-state index is 13.3. The number of unbranched alkanes of at least 4 members (excludes halogenated alkanes) is 1. The summed E-state index contributed by atoms with van der Waals surface area (Å²) in [5, 5.41) is 8.60. The lowest BCUT2D eigenvalue weighted by molar-refractivity contribution is -0.145. The predicted octanol–water partition coefficient (Wildman–Crippen LogP) is 7.14. The van der Waals surface area contributed by atoms with Gasteiger partial charge in [0.25, 0.3) is 0 Å². The smallest absolute Gasteiger partial charge is 0.328 e. The molecule has 3 amide bonds. The molecule has 0 spiro atoms. The summed E-state index contributed by atoms with van der Waals surface area (Å²) in [6.45, 7) is 8.07. The molecule has 0 aliphatic heterocycles. The summed E-state index contributed by atoms with van der Waals surface area (Å²) < 4.78 is 11.2. The molecule has 0 saturated carbocycles. The van der Waals surface area contributed by atoms with Crippen LogP contribution < -0.4 is 21.7 Å². The van der Waals surface area contributed by atoms with Crippen molar-refractivity contribution in [3.63, 3.8) is 0 Å². The van der Waals surface area contributed by atoms with Gasteiger partial charge in [-0.15, -0.1) is 0 Å². The van der Waals surface area contributed by atoms with Crippen molar-refractivity contribution in [3.05, 3.63) is 84.6 Å². The summed E-state index contributed by atoms with van der Waals surface area (Å²) >= 11 is 0. The van der Waals surface area contributed by atoms with Crippen LogP contribution in [0.4, 0.5) is 0 Å². The van der Waals surface area contributed by atoms with E-state index >= 15 is 0 Å². The van der Waals surface area contributed by atoms with Crippen molar-refractivity contribution in [2.24, 2.45) is 5.73 Å². The third kappa shape index (κ3) is 22.6. The summed E-state index contributed by atoms with van der Waals surface area (Å²) in [6.07, 6.45) is 37.2. The first kappa shape index (κ1) is 47.0. The number of methoxy groups -OCH3 is 1. The molecule has 0 unspecified atom stereocenters. The van der Waals surface area contributed by atoms with Gasteiger partial charge < -0.3 is 31.2 Å². The Morgan fingerprint density at radius 1 is 0.830 bits per heavy atom. The Labute approximate surface area is 319 Å². The Kier molecular flexibility index (Phi) is 27.0. The molecule has 1 rings (SSSR count). The Hall–Kier alpha value is -4.02. The molecule has 10 nitrogen and oxygen atoms in total. The number of nitrogens with one attached hydrogen (secondary N) is 3. The lowest BCUT2D eigenvalue weighted by Gasteiger charge is -2.37. The molecule has 0 heterocycles. The number of allylic oxidation sites excluding steroid dienone is 12. The minimum Gasteiger partial charge on any atom is -0.467 e. The van der Waals surface area contributed by atoms with E-state index in [0.717, 1.165) is 51.4 Å². The van der Waals surface area contributed by atoms with Gasteiger partial charge in [-0.25, -0.2) is 4.79 Å². The zero-order chi connectivity index (χ0) is 39.1. The van der Waals surface area contributed by atoms with Gasteiger partial charge in [-0.3, -0.25) is 14.4 Å². The Morgan fingerprint density at radius 3 is 1.89 bits per heavy atom. The monoisotopic (exact) mass is 737 g/mol. The van der Waals surface area contributed by atoms with E-state index < -0.39 is 36.1 Å². The van der Waals surface area contributed by atoms with Crippen molar-refractivity contribution in [3.8, 4) is 0 Å². The van der Waals surface area contributed by atoms with Gasteiger partial charge in [0.2, 0.25) is 17.7 Å². The van der Waals surface area contributed by atoms with Crippen LogP contribution in [0.3, 0.4) is 0 Å². The average molecular weight is 737 g/mol. The lowest BCUT2D eigenvalue weighted by atomic mass is 9.87. The highest BCUT2D eigenvalue weighted by atomic mass is 16.5. The Bertz CT molecular complexity index is 1280. The number of carbonyl (C=O) groups is 4. The van der Waals surface area contributed by atoms with E-state index in [9.17, 15) is 19.2 Å². The minimum absolute atomic E-state index is 0.0225. The van der Waals surface area contributed by atoms with Crippen molar-refractivity contribution in [2.75, 3.05) is 13.7 Å². The van der Waals surface area contributed by atoms with Crippen LogP contribution in [0.1, 0.15) is 118 Å². The molecule has 10 heteroatoms. The Morgan fingerprint density at radius 2 is 1.38 bits per heavy atom. The van der Waals surface area contributed by atoms with Crippen LogP contribution in [0, 0.1) is 0 Å². The van der Waals surface area contributed by atoms with Gasteiger partial charge >= 0.3 is 5.97 Å². The molecule has 0 bridgehead atoms. The van der Waals surface area contributed by atoms with Crippen LogP contribution in [0.5, 0.6) is 0 Å². The standard InChI is InChI=1S/C43H68N4O6/c1-6-9-10-11-12-13-14-15-16-17-18-19-20-21-22-23-24-25-26-30-40(49)45-31-28-27-29-38(43(51)52-5)47-42(50)35-32-37(44)41(46-34(4)48)39(33-35)53-36(7-2)8-3/h9-10,12-13,15-16,18-19,21-22,24-25,33,36-39,41H,6-8,11,14,17,20,23,26-32,44H2,1-5H3,(H,45,49)(H,46,48)(H,47,50)/t37-,38-,39+,41+/m0/s1. The number of esters is 1. The van der Waals surface area contributed by atoms with Crippen molar-refractivity contribution in [2.45, 2.75) is 148 Å². The summed E-state index contributed by atoms with van der Waals surface area (Å²) in [5.41, 5.74) is 6.81. The topological polar surface area (TPSA) is 149 Å². The van der Waals surface area contributed by atoms with Gasteiger partial charge in [-0.05, 0) is 89.5 Å². The maximum atomic E-state index is 13.3. The first-order valence-corrected chi connectivity index (χ1v) is 19.6. The summed E-state index contributed by atoms with van der Waals surface area (Å²) in [4.78, 5) is 50.0. The van der Waals surface area contributed by atoms with E-state index in [1.807, 2.05) is 19.9 Å². The van der Waals surface area contributed by atoms with Crippen LogP contribution in [-0.2, 0) is 28.7 Å². The van der Waals surface area contributed by atoms with Crippen LogP contribution in [-0.4, -0.2) is 67.7 Å². The molecule has 296 valence electrons. The van der Waals surface area contributed by atoms with Gasteiger partial charge in [0, 0.05) is 31.5 Å². The zero-order valence-electron chi connectivity index (χ0n) is 33.0. The Balaban J connectivity index is 2.37. The fourth-order valence-electron chi connectivity index (χ4n) is 5.70. The van der Waals surface area contributed by atoms with Crippen molar-refractivity contribution >= 4 is 23.7 Å². The van der Waals surface area contributed by atoms with Crippen LogP contribution >= 0.6 is 0 Å². The molecule has 1 aliphatic rings. The SMILES string of the molecule is CCC=CCC=CCC=CCC=CCC=CCC=CCCC(=O)NCCCC[C@H](NC(=O)C1=C[C@@H](OC(CC)CC)[C@H](NC(C)=O)[C@@H](N)C1)C(=O)OC. The number of ether oxygens (including phenoxy) is 2. The molecule has 0 aromatic carbocycles. The number of nitrogens with two attached hydrogens (primary N) is 1. The normalized spacial score (nSPS) is 18.5. The highest BCUT2D eigenvalue weighted by Crippen LogP contribution is 2.24. The maximum Gasteiger partial charge on any atom is 0.328 e. The molecule has 1 aliphatic carbocycles. The third-order valence-corrected chi connectivity index (χ3v) is 8.73. The second kappa shape index (κ2) is 30.4. The van der Waals surface area contributed by atoms with Gasteiger partial charge in [0.1, 0.15) is 6.04 Å². The van der Waals surface area contributed by atoms with E-state index in [1.165, 1.54) is 14.0 Å². The summed E-state index contributed by atoms with van der Waals surface area (Å²) in [6, 6.07) is -1.86.